The average Bonchev–Trinajstić information content (AvgIpc) is 3.52. The second-order valence-electron chi connectivity index (χ2n) is 16.9. The van der Waals surface area contributed by atoms with Crippen molar-refractivity contribution >= 4 is 49.6 Å². The van der Waals surface area contributed by atoms with E-state index in [2.05, 4.69) is 191 Å². The Balaban J connectivity index is 0.958. The van der Waals surface area contributed by atoms with Gasteiger partial charge in [0.15, 0.2) is 0 Å². The van der Waals surface area contributed by atoms with Crippen LogP contribution >= 0.6 is 0 Å². The third-order valence-electron chi connectivity index (χ3n) is 14.7. The van der Waals surface area contributed by atoms with Crippen LogP contribution in [0.15, 0.2) is 182 Å². The minimum Gasteiger partial charge on any atom is -0.310 e. The number of hydrogen-bond acceptors (Lipinski definition) is 1. The fourth-order valence-corrected chi connectivity index (χ4v) is 12.3. The van der Waals surface area contributed by atoms with Gasteiger partial charge in [0, 0.05) is 33.2 Å². The van der Waals surface area contributed by atoms with E-state index in [-0.39, 0.29) is 0 Å². The van der Waals surface area contributed by atoms with Crippen molar-refractivity contribution in [2.75, 3.05) is 4.90 Å². The van der Waals surface area contributed by atoms with Crippen molar-refractivity contribution in [2.45, 2.75) is 31.1 Å². The summed E-state index contributed by atoms with van der Waals surface area (Å²) >= 11 is 0. The zero-order valence-electron chi connectivity index (χ0n) is 31.1. The van der Waals surface area contributed by atoms with Crippen LogP contribution in [-0.2, 0) is 0 Å². The van der Waals surface area contributed by atoms with E-state index < -0.39 is 0 Å². The van der Waals surface area contributed by atoms with E-state index in [9.17, 15) is 0 Å². The molecule has 3 saturated carbocycles. The average molecular weight is 717 g/mol. The summed E-state index contributed by atoms with van der Waals surface area (Å²) in [5.41, 5.74) is 16.3. The lowest BCUT2D eigenvalue weighted by atomic mass is 9.25. The normalized spacial score (nSPS) is 22.5. The Bertz CT molecular complexity index is 3030. The Morgan fingerprint density at radius 1 is 0.446 bits per heavy atom. The highest BCUT2D eigenvalue weighted by Gasteiger charge is 2.76. The number of aromatic nitrogens is 1. The molecule has 1 heterocycles. The molecule has 8 aromatic carbocycles. The number of anilines is 3. The van der Waals surface area contributed by atoms with Gasteiger partial charge in [0.05, 0.1) is 16.7 Å². The molecule has 0 aliphatic heterocycles. The van der Waals surface area contributed by atoms with Gasteiger partial charge in [0.25, 0.3) is 0 Å². The van der Waals surface area contributed by atoms with Crippen molar-refractivity contribution in [2.24, 2.45) is 17.3 Å². The molecule has 0 amide bonds. The number of nitrogens with zero attached hydrogens (tertiary/aromatic N) is 2. The Hall–Kier alpha value is -6.38. The van der Waals surface area contributed by atoms with Crippen LogP contribution in [0.25, 0.3) is 60.5 Å². The van der Waals surface area contributed by atoms with Gasteiger partial charge >= 0.3 is 0 Å². The van der Waals surface area contributed by atoms with Gasteiger partial charge in [-0.15, -0.1) is 0 Å². The molecule has 266 valence electrons. The van der Waals surface area contributed by atoms with Crippen LogP contribution in [0.4, 0.5) is 17.1 Å². The predicted octanol–water partition coefficient (Wildman–Crippen LogP) is 14.4. The highest BCUT2D eigenvalue weighted by atomic mass is 15.1. The van der Waals surface area contributed by atoms with Crippen molar-refractivity contribution < 1.29 is 0 Å². The van der Waals surface area contributed by atoms with E-state index in [1.807, 2.05) is 0 Å². The molecular weight excluding hydrogens is 677 g/mol. The van der Waals surface area contributed by atoms with Crippen LogP contribution < -0.4 is 4.90 Å². The maximum atomic E-state index is 2.58. The van der Waals surface area contributed by atoms with Gasteiger partial charge in [-0.1, -0.05) is 133 Å². The summed E-state index contributed by atoms with van der Waals surface area (Å²) in [5.74, 6) is 3.28. The van der Waals surface area contributed by atoms with Crippen LogP contribution in [0.2, 0.25) is 0 Å². The van der Waals surface area contributed by atoms with E-state index in [0.29, 0.717) is 11.3 Å². The monoisotopic (exact) mass is 716 g/mol. The zero-order chi connectivity index (χ0) is 36.5. The summed E-state index contributed by atoms with van der Waals surface area (Å²) in [4.78, 5) is 2.45. The molecule has 5 atom stereocenters. The van der Waals surface area contributed by atoms with Gasteiger partial charge in [-0.2, -0.15) is 0 Å². The fourth-order valence-electron chi connectivity index (χ4n) is 12.3. The number of benzene rings is 8. The lowest BCUT2D eigenvalue weighted by Crippen LogP contribution is -2.70. The molecule has 4 aliphatic carbocycles. The van der Waals surface area contributed by atoms with Gasteiger partial charge in [-0.3, -0.25) is 0 Å². The summed E-state index contributed by atoms with van der Waals surface area (Å²) in [6.45, 7) is 0. The first-order valence-corrected chi connectivity index (χ1v) is 20.5. The standard InChI is InChI=1S/C54H40N2/c1-2-13-39(14-3-1)56-52-19-9-8-18-46(52)47-28-26-41(33-53(47)56)55(51-20-10-12-35-11-4-5-15-42(35)51)40-24-21-34(22-25-40)36-23-27-44-43-16-6-7-17-45(43)49-31-37-30-38-32-50(48(44)29-36)54(37,38)49/h1-29,33,37-38,49-50H,30-32H2. The van der Waals surface area contributed by atoms with Crippen molar-refractivity contribution in [3.63, 3.8) is 0 Å². The quantitative estimate of drug-likeness (QED) is 0.172. The number of fused-ring (bicyclic) bond motifs is 9. The Labute approximate surface area is 327 Å². The van der Waals surface area contributed by atoms with E-state index >= 15 is 0 Å². The summed E-state index contributed by atoms with van der Waals surface area (Å²) < 4.78 is 2.41. The molecule has 1 spiro atoms. The van der Waals surface area contributed by atoms with E-state index in [1.54, 1.807) is 11.1 Å². The molecule has 2 heteroatoms. The molecule has 2 nitrogen and oxygen atoms in total. The number of hydrogen-bond donors (Lipinski definition) is 0. The lowest BCUT2D eigenvalue weighted by Gasteiger charge is -2.78. The first-order chi connectivity index (χ1) is 27.8. The molecule has 0 saturated heterocycles. The molecule has 1 aromatic heterocycles. The summed E-state index contributed by atoms with van der Waals surface area (Å²) in [6.07, 6.45) is 4.21. The smallest absolute Gasteiger partial charge is 0.0561 e. The van der Waals surface area contributed by atoms with E-state index in [4.69, 9.17) is 0 Å². The van der Waals surface area contributed by atoms with Crippen molar-refractivity contribution in [1.82, 2.24) is 4.57 Å². The first-order valence-electron chi connectivity index (χ1n) is 20.5. The van der Waals surface area contributed by atoms with Gasteiger partial charge in [-0.25, -0.2) is 0 Å². The number of para-hydroxylation sites is 2. The predicted molar refractivity (Wildman–Crippen MR) is 233 cm³/mol. The highest BCUT2D eigenvalue weighted by Crippen LogP contribution is 2.85. The molecule has 5 unspecified atom stereocenters. The minimum absolute atomic E-state index is 0.524. The Morgan fingerprint density at radius 2 is 1.11 bits per heavy atom. The molecule has 4 aliphatic rings. The molecule has 56 heavy (non-hydrogen) atoms. The van der Waals surface area contributed by atoms with Crippen LogP contribution in [0.5, 0.6) is 0 Å². The molecule has 0 radical (unpaired) electrons. The van der Waals surface area contributed by atoms with E-state index in [1.165, 1.54) is 85.5 Å². The van der Waals surface area contributed by atoms with Gasteiger partial charge < -0.3 is 9.47 Å². The molecule has 0 N–H and O–H groups in total. The summed E-state index contributed by atoms with van der Waals surface area (Å²) in [5, 5.41) is 4.99. The fraction of sp³-hybridized carbons (Fsp3) is 0.148. The van der Waals surface area contributed by atoms with Gasteiger partial charge in [-0.05, 0) is 136 Å². The van der Waals surface area contributed by atoms with Gasteiger partial charge in [0.1, 0.15) is 0 Å². The van der Waals surface area contributed by atoms with Gasteiger partial charge in [0.2, 0.25) is 0 Å². The summed E-state index contributed by atoms with van der Waals surface area (Å²) in [6, 6.07) is 68.1. The molecule has 13 rings (SSSR count). The zero-order valence-corrected chi connectivity index (χ0v) is 31.1. The SMILES string of the molecule is c1ccc(-n2c3ccccc3c3ccc(N(c4ccc(-c5ccc6c(c5)C5CC7CC8CC(c9ccccc9-6)C875)cc4)c4cccc5ccccc45)cc32)cc1. The number of rotatable bonds is 5. The van der Waals surface area contributed by atoms with Crippen LogP contribution in [-0.4, -0.2) is 4.57 Å². The molecular formula is C54H40N2. The van der Waals surface area contributed by atoms with Crippen molar-refractivity contribution in [3.8, 4) is 27.9 Å². The first kappa shape index (κ1) is 30.9. The lowest BCUT2D eigenvalue weighted by molar-refractivity contribution is -0.252. The van der Waals surface area contributed by atoms with E-state index in [0.717, 1.165) is 29.1 Å². The van der Waals surface area contributed by atoms with Crippen molar-refractivity contribution in [3.05, 3.63) is 193 Å². The summed E-state index contributed by atoms with van der Waals surface area (Å²) in [7, 11) is 0. The van der Waals surface area contributed by atoms with Crippen LogP contribution in [0.3, 0.4) is 0 Å². The second kappa shape index (κ2) is 11.3. The van der Waals surface area contributed by atoms with Crippen molar-refractivity contribution in [1.29, 1.82) is 0 Å². The van der Waals surface area contributed by atoms with Crippen LogP contribution in [0.1, 0.15) is 42.2 Å². The third kappa shape index (κ3) is 4.01. The second-order valence-corrected chi connectivity index (χ2v) is 16.9. The Kier molecular flexibility index (Phi) is 6.25. The minimum atomic E-state index is 0.524. The topological polar surface area (TPSA) is 8.17 Å². The molecule has 0 bridgehead atoms. The molecule has 3 fully saturated rings. The Morgan fingerprint density at radius 3 is 1.96 bits per heavy atom. The maximum Gasteiger partial charge on any atom is 0.0561 e. The van der Waals surface area contributed by atoms with Crippen LogP contribution in [0, 0.1) is 17.3 Å². The third-order valence-corrected chi connectivity index (χ3v) is 14.7. The largest absolute Gasteiger partial charge is 0.310 e. The molecule has 9 aromatic rings. The highest BCUT2D eigenvalue weighted by molar-refractivity contribution is 6.11. The maximum absolute atomic E-state index is 2.58.